The van der Waals surface area contributed by atoms with Gasteiger partial charge in [0.25, 0.3) is 0 Å². The smallest absolute Gasteiger partial charge is 0.213 e. The normalized spacial score (nSPS) is 13.3. The summed E-state index contributed by atoms with van der Waals surface area (Å²) >= 11 is 0. The summed E-state index contributed by atoms with van der Waals surface area (Å²) in [5.74, 6) is 1.52. The Labute approximate surface area is 153 Å². The van der Waals surface area contributed by atoms with Crippen LogP contribution in [0, 0.1) is 0 Å². The van der Waals surface area contributed by atoms with E-state index in [1.165, 1.54) is 11.3 Å². The number of methoxy groups -OCH3 is 1. The number of benzene rings is 1. The Morgan fingerprint density at radius 2 is 2.17 bits per heavy atom. The van der Waals surface area contributed by atoms with Gasteiger partial charge in [0.05, 0.1) is 7.11 Å². The van der Waals surface area contributed by atoms with Crippen molar-refractivity contribution in [3.63, 3.8) is 0 Å². The summed E-state index contributed by atoms with van der Waals surface area (Å²) in [6, 6.07) is 12.4. The van der Waals surface area contributed by atoms with Crippen LogP contribution >= 0.6 is 24.0 Å². The van der Waals surface area contributed by atoms with Crippen molar-refractivity contribution in [2.75, 3.05) is 25.6 Å². The Balaban J connectivity index is 0.00000192. The number of aliphatic imine (C=N–C) groups is 1. The second-order valence-corrected chi connectivity index (χ2v) is 5.14. The minimum Gasteiger partial charge on any atom is -0.481 e. The number of para-hydroxylation sites is 1. The number of nitrogens with zero attached hydrogens (tertiary/aromatic N) is 3. The molecule has 2 heterocycles. The number of hydrogen-bond donors (Lipinski definition) is 1. The number of pyridine rings is 1. The molecule has 122 valence electrons. The predicted octanol–water partition coefficient (Wildman–Crippen LogP) is 2.85. The molecule has 1 N–H and O–H groups in total. The van der Waals surface area contributed by atoms with Gasteiger partial charge in [-0.15, -0.1) is 24.0 Å². The molecular formula is C17H21IN4O. The van der Waals surface area contributed by atoms with Crippen molar-refractivity contribution in [2.45, 2.75) is 13.0 Å². The Kier molecular flexibility index (Phi) is 6.20. The van der Waals surface area contributed by atoms with E-state index in [0.717, 1.165) is 24.5 Å². The molecule has 0 aliphatic carbocycles. The molecule has 1 aliphatic heterocycles. The van der Waals surface area contributed by atoms with Crippen molar-refractivity contribution in [2.24, 2.45) is 4.99 Å². The van der Waals surface area contributed by atoms with Gasteiger partial charge >= 0.3 is 0 Å². The Morgan fingerprint density at radius 3 is 2.96 bits per heavy atom. The molecule has 0 bridgehead atoms. The number of hydrogen-bond acceptors (Lipinski definition) is 3. The van der Waals surface area contributed by atoms with Crippen LogP contribution in [0.25, 0.3) is 0 Å². The number of fused-ring (bicyclic) bond motifs is 1. The van der Waals surface area contributed by atoms with Crippen molar-refractivity contribution in [3.05, 3.63) is 53.7 Å². The highest BCUT2D eigenvalue weighted by Crippen LogP contribution is 2.27. The molecule has 0 saturated carbocycles. The van der Waals surface area contributed by atoms with E-state index in [9.17, 15) is 0 Å². The Morgan fingerprint density at radius 1 is 1.35 bits per heavy atom. The van der Waals surface area contributed by atoms with Crippen molar-refractivity contribution in [1.29, 1.82) is 0 Å². The molecule has 0 amide bonds. The molecule has 1 aliphatic rings. The van der Waals surface area contributed by atoms with Gasteiger partial charge in [0.15, 0.2) is 5.96 Å². The molecule has 0 fully saturated rings. The van der Waals surface area contributed by atoms with Crippen LogP contribution in [0.15, 0.2) is 47.6 Å². The number of aromatic nitrogens is 1. The van der Waals surface area contributed by atoms with Crippen LogP contribution < -0.4 is 15.0 Å². The molecule has 6 heteroatoms. The molecule has 5 nitrogen and oxygen atoms in total. The van der Waals surface area contributed by atoms with E-state index < -0.39 is 0 Å². The highest BCUT2D eigenvalue weighted by molar-refractivity contribution is 14.0. The molecule has 2 aromatic rings. The van der Waals surface area contributed by atoms with Gasteiger partial charge in [-0.25, -0.2) is 4.98 Å². The second kappa shape index (κ2) is 8.14. The van der Waals surface area contributed by atoms with Crippen molar-refractivity contribution < 1.29 is 4.74 Å². The van der Waals surface area contributed by atoms with Gasteiger partial charge in [-0.2, -0.15) is 0 Å². The van der Waals surface area contributed by atoms with E-state index >= 15 is 0 Å². The minimum absolute atomic E-state index is 0. The number of rotatable bonds is 3. The minimum atomic E-state index is 0. The highest BCUT2D eigenvalue weighted by atomic mass is 127. The second-order valence-electron chi connectivity index (χ2n) is 5.14. The molecule has 0 radical (unpaired) electrons. The van der Waals surface area contributed by atoms with E-state index in [2.05, 4.69) is 44.5 Å². The highest BCUT2D eigenvalue weighted by Gasteiger charge is 2.22. The van der Waals surface area contributed by atoms with Crippen molar-refractivity contribution in [3.8, 4) is 5.88 Å². The van der Waals surface area contributed by atoms with Gasteiger partial charge in [0.2, 0.25) is 5.88 Å². The first-order valence-corrected chi connectivity index (χ1v) is 7.37. The van der Waals surface area contributed by atoms with E-state index in [1.54, 1.807) is 13.3 Å². The van der Waals surface area contributed by atoms with Crippen LogP contribution in [0.3, 0.4) is 0 Å². The molecule has 0 unspecified atom stereocenters. The first kappa shape index (κ1) is 17.5. The average molecular weight is 424 g/mol. The van der Waals surface area contributed by atoms with E-state index in [0.29, 0.717) is 12.4 Å². The average Bonchev–Trinajstić information content (AvgIpc) is 3.00. The van der Waals surface area contributed by atoms with Crippen LogP contribution in [0.1, 0.15) is 11.1 Å². The number of nitrogens with one attached hydrogen (secondary N) is 1. The number of guanidine groups is 1. The summed E-state index contributed by atoms with van der Waals surface area (Å²) in [6.45, 7) is 1.64. The van der Waals surface area contributed by atoms with Gasteiger partial charge in [-0.05, 0) is 29.7 Å². The van der Waals surface area contributed by atoms with E-state index in [4.69, 9.17) is 4.74 Å². The summed E-state index contributed by atoms with van der Waals surface area (Å²) < 4.78 is 5.15. The van der Waals surface area contributed by atoms with Gasteiger partial charge in [0.1, 0.15) is 0 Å². The summed E-state index contributed by atoms with van der Waals surface area (Å²) in [7, 11) is 3.44. The predicted molar refractivity (Wildman–Crippen MR) is 104 cm³/mol. The molecule has 0 spiro atoms. The molecule has 1 aromatic carbocycles. The lowest BCUT2D eigenvalue weighted by atomic mass is 10.2. The third-order valence-electron chi connectivity index (χ3n) is 3.81. The Hall–Kier alpha value is -1.83. The zero-order chi connectivity index (χ0) is 15.4. The van der Waals surface area contributed by atoms with Crippen molar-refractivity contribution >= 4 is 35.6 Å². The first-order valence-electron chi connectivity index (χ1n) is 7.37. The fourth-order valence-electron chi connectivity index (χ4n) is 2.71. The van der Waals surface area contributed by atoms with Crippen LogP contribution in [-0.4, -0.2) is 31.6 Å². The van der Waals surface area contributed by atoms with Gasteiger partial charge in [-0.3, -0.25) is 4.99 Å². The molecule has 3 rings (SSSR count). The SMILES string of the molecule is CN=C(NCc1ccnc(OC)c1)N1CCc2ccccc21.I. The van der Waals surface area contributed by atoms with Gasteiger partial charge in [-0.1, -0.05) is 18.2 Å². The summed E-state index contributed by atoms with van der Waals surface area (Å²) in [5.41, 5.74) is 3.72. The van der Waals surface area contributed by atoms with Crippen LogP contribution in [0.5, 0.6) is 5.88 Å². The summed E-state index contributed by atoms with van der Waals surface area (Å²) in [4.78, 5) is 10.8. The van der Waals surface area contributed by atoms with Gasteiger partial charge in [0, 0.05) is 38.1 Å². The monoisotopic (exact) mass is 424 g/mol. The zero-order valence-electron chi connectivity index (χ0n) is 13.3. The fraction of sp³-hybridized carbons (Fsp3) is 0.294. The standard InChI is InChI=1S/C17H20N4O.HI/c1-18-17(20-12-13-7-9-19-16(11-13)22-2)21-10-8-14-5-3-4-6-15(14)21;/h3-7,9,11H,8,10,12H2,1-2H3,(H,18,20);1H. The lowest BCUT2D eigenvalue weighted by Gasteiger charge is -2.22. The maximum absolute atomic E-state index is 5.15. The third-order valence-corrected chi connectivity index (χ3v) is 3.81. The topological polar surface area (TPSA) is 49.8 Å². The fourth-order valence-corrected chi connectivity index (χ4v) is 2.71. The summed E-state index contributed by atoms with van der Waals surface area (Å²) in [5, 5.41) is 3.41. The first-order chi connectivity index (χ1) is 10.8. The molecular weight excluding hydrogens is 403 g/mol. The maximum Gasteiger partial charge on any atom is 0.213 e. The molecule has 1 aromatic heterocycles. The van der Waals surface area contributed by atoms with Crippen molar-refractivity contribution in [1.82, 2.24) is 10.3 Å². The van der Waals surface area contributed by atoms with Crippen LogP contribution in [0.2, 0.25) is 0 Å². The third kappa shape index (κ3) is 3.93. The van der Waals surface area contributed by atoms with Gasteiger partial charge < -0.3 is 15.0 Å². The number of ether oxygens (including phenoxy) is 1. The molecule has 0 atom stereocenters. The van der Waals surface area contributed by atoms with E-state index in [-0.39, 0.29) is 24.0 Å². The zero-order valence-corrected chi connectivity index (χ0v) is 15.7. The largest absolute Gasteiger partial charge is 0.481 e. The maximum atomic E-state index is 5.15. The lowest BCUT2D eigenvalue weighted by molar-refractivity contribution is 0.397. The van der Waals surface area contributed by atoms with Crippen LogP contribution in [0.4, 0.5) is 5.69 Å². The van der Waals surface area contributed by atoms with E-state index in [1.807, 2.05) is 19.2 Å². The summed E-state index contributed by atoms with van der Waals surface area (Å²) in [6.07, 6.45) is 2.81. The number of halogens is 1. The lowest BCUT2D eigenvalue weighted by Crippen LogP contribution is -2.40. The molecule has 23 heavy (non-hydrogen) atoms. The Bertz CT molecular complexity index is 690. The van der Waals surface area contributed by atoms with Crippen LogP contribution in [-0.2, 0) is 13.0 Å². The quantitative estimate of drug-likeness (QED) is 0.468. The number of anilines is 1. The molecule has 0 saturated heterocycles.